The Balaban J connectivity index is 3.99. The Morgan fingerprint density at radius 2 is 1.05 bits per heavy atom. The van der Waals surface area contributed by atoms with Crippen LogP contribution in [0, 0.1) is 0 Å². The second-order valence-electron chi connectivity index (χ2n) is 9.30. The van der Waals surface area contributed by atoms with E-state index < -0.39 is 30.0 Å². The molecular weight excluding hydrogens is 480 g/mol. The summed E-state index contributed by atoms with van der Waals surface area (Å²) in [5.41, 5.74) is 0. The number of hydrogen-bond acceptors (Lipinski definition) is 9. The van der Waals surface area contributed by atoms with Crippen LogP contribution in [0.2, 0.25) is 0 Å². The van der Waals surface area contributed by atoms with Crippen LogP contribution in [0.5, 0.6) is 0 Å². The van der Waals surface area contributed by atoms with Gasteiger partial charge in [-0.15, -0.1) is 0 Å². The Morgan fingerprint density at radius 3 is 1.57 bits per heavy atom. The third kappa shape index (κ3) is 25.3. The third-order valence-corrected chi connectivity index (χ3v) is 5.77. The average molecular weight is 531 g/mol. The molecule has 0 radical (unpaired) electrons. The van der Waals surface area contributed by atoms with Gasteiger partial charge >= 0.3 is 23.9 Å². The highest BCUT2D eigenvalue weighted by Crippen LogP contribution is 2.13. The summed E-state index contributed by atoms with van der Waals surface area (Å²) in [6.07, 6.45) is 14.9. The monoisotopic (exact) mass is 530 g/mol. The molecule has 37 heavy (non-hydrogen) atoms. The molecule has 0 saturated heterocycles. The molecule has 0 aromatic carbocycles. The zero-order chi connectivity index (χ0) is 27.6. The standard InChI is InChI=1S/C28H50O9/c1-4-5-6-7-8-9-10-11-12-13-14-15-16-17-28(32)37-25(22-35-24(2)29)23-36-27(31)19-18-26(30)34-21-20-33-3/h25H,4-23H2,1-3H3. The van der Waals surface area contributed by atoms with Crippen molar-refractivity contribution in [3.8, 4) is 0 Å². The zero-order valence-corrected chi connectivity index (χ0v) is 23.4. The molecule has 0 aliphatic rings. The lowest BCUT2D eigenvalue weighted by molar-refractivity contribution is -0.166. The van der Waals surface area contributed by atoms with Crippen LogP contribution in [0.15, 0.2) is 0 Å². The van der Waals surface area contributed by atoms with Gasteiger partial charge in [0.25, 0.3) is 0 Å². The maximum Gasteiger partial charge on any atom is 0.306 e. The number of methoxy groups -OCH3 is 1. The van der Waals surface area contributed by atoms with Crippen LogP contribution in [0.25, 0.3) is 0 Å². The van der Waals surface area contributed by atoms with Crippen LogP contribution in [0.3, 0.4) is 0 Å². The van der Waals surface area contributed by atoms with Crippen molar-refractivity contribution in [2.24, 2.45) is 0 Å². The van der Waals surface area contributed by atoms with E-state index in [-0.39, 0.29) is 45.7 Å². The molecule has 0 heterocycles. The summed E-state index contributed by atoms with van der Waals surface area (Å²) >= 11 is 0. The minimum Gasteiger partial charge on any atom is -0.463 e. The highest BCUT2D eigenvalue weighted by atomic mass is 16.6. The van der Waals surface area contributed by atoms with Crippen molar-refractivity contribution in [3.63, 3.8) is 0 Å². The van der Waals surface area contributed by atoms with Gasteiger partial charge in [-0.2, -0.15) is 0 Å². The predicted molar refractivity (Wildman–Crippen MR) is 140 cm³/mol. The molecule has 0 spiro atoms. The number of hydrogen-bond donors (Lipinski definition) is 0. The number of esters is 4. The van der Waals surface area contributed by atoms with Gasteiger partial charge in [0.1, 0.15) is 19.8 Å². The van der Waals surface area contributed by atoms with Crippen molar-refractivity contribution in [2.45, 2.75) is 123 Å². The van der Waals surface area contributed by atoms with Crippen LogP contribution >= 0.6 is 0 Å². The molecule has 9 nitrogen and oxygen atoms in total. The maximum absolute atomic E-state index is 12.2. The van der Waals surface area contributed by atoms with Crippen molar-refractivity contribution in [3.05, 3.63) is 0 Å². The quantitative estimate of drug-likeness (QED) is 0.0862. The molecule has 0 bridgehead atoms. The van der Waals surface area contributed by atoms with Gasteiger partial charge in [0.15, 0.2) is 6.10 Å². The molecule has 9 heteroatoms. The fourth-order valence-electron chi connectivity index (χ4n) is 3.63. The lowest BCUT2D eigenvalue weighted by Crippen LogP contribution is -2.30. The summed E-state index contributed by atoms with van der Waals surface area (Å²) in [6.45, 7) is 3.42. The SMILES string of the molecule is CCCCCCCCCCCCCCCC(=O)OC(COC(C)=O)COC(=O)CCC(=O)OCCOC. The molecule has 0 fully saturated rings. The summed E-state index contributed by atoms with van der Waals surface area (Å²) < 4.78 is 25.0. The van der Waals surface area contributed by atoms with Gasteiger partial charge in [0.05, 0.1) is 19.4 Å². The molecule has 0 saturated carbocycles. The number of carbonyl (C=O) groups is 4. The van der Waals surface area contributed by atoms with Crippen molar-refractivity contribution in [1.82, 2.24) is 0 Å². The number of carbonyl (C=O) groups excluding carboxylic acids is 4. The average Bonchev–Trinajstić information content (AvgIpc) is 2.87. The Morgan fingerprint density at radius 1 is 0.568 bits per heavy atom. The number of unbranched alkanes of at least 4 members (excludes halogenated alkanes) is 12. The smallest absolute Gasteiger partial charge is 0.306 e. The molecule has 1 unspecified atom stereocenters. The normalized spacial score (nSPS) is 11.5. The van der Waals surface area contributed by atoms with Crippen LogP contribution in [-0.2, 0) is 42.9 Å². The Bertz CT molecular complexity index is 606. The van der Waals surface area contributed by atoms with Crippen LogP contribution in [-0.4, -0.2) is 63.5 Å². The second-order valence-corrected chi connectivity index (χ2v) is 9.30. The maximum atomic E-state index is 12.2. The molecular formula is C28H50O9. The van der Waals surface area contributed by atoms with E-state index in [4.69, 9.17) is 23.7 Å². The summed E-state index contributed by atoms with van der Waals surface area (Å²) in [6, 6.07) is 0. The van der Waals surface area contributed by atoms with Crippen LogP contribution in [0.1, 0.15) is 117 Å². The molecule has 0 aromatic heterocycles. The molecule has 0 amide bonds. The fourth-order valence-corrected chi connectivity index (χ4v) is 3.63. The van der Waals surface area contributed by atoms with Gasteiger partial charge < -0.3 is 23.7 Å². The first-order valence-corrected chi connectivity index (χ1v) is 14.0. The second kappa shape index (κ2) is 25.5. The molecule has 1 atom stereocenters. The van der Waals surface area contributed by atoms with Crippen molar-refractivity contribution >= 4 is 23.9 Å². The van der Waals surface area contributed by atoms with E-state index in [2.05, 4.69) is 6.92 Å². The summed E-state index contributed by atoms with van der Waals surface area (Å²) in [4.78, 5) is 46.8. The van der Waals surface area contributed by atoms with Crippen LogP contribution in [0.4, 0.5) is 0 Å². The number of ether oxygens (including phenoxy) is 5. The first-order valence-electron chi connectivity index (χ1n) is 14.0. The molecule has 0 aliphatic heterocycles. The summed E-state index contributed by atoms with van der Waals surface area (Å²) in [5.74, 6) is -2.11. The molecule has 0 N–H and O–H groups in total. The minimum absolute atomic E-state index is 0.115. The lowest BCUT2D eigenvalue weighted by Gasteiger charge is -2.17. The van der Waals surface area contributed by atoms with E-state index in [1.165, 1.54) is 78.2 Å². The van der Waals surface area contributed by atoms with E-state index in [1.54, 1.807) is 0 Å². The van der Waals surface area contributed by atoms with Gasteiger partial charge in [0, 0.05) is 20.5 Å². The van der Waals surface area contributed by atoms with Crippen molar-refractivity contribution < 1.29 is 42.9 Å². The van der Waals surface area contributed by atoms with E-state index in [0.29, 0.717) is 0 Å². The predicted octanol–water partition coefficient (Wildman–Crippen LogP) is 5.46. The van der Waals surface area contributed by atoms with Gasteiger partial charge in [0.2, 0.25) is 0 Å². The first-order chi connectivity index (χ1) is 17.9. The summed E-state index contributed by atoms with van der Waals surface area (Å²) in [7, 11) is 1.49. The third-order valence-electron chi connectivity index (χ3n) is 5.77. The lowest BCUT2D eigenvalue weighted by atomic mass is 10.0. The Hall–Kier alpha value is -2.16. The topological polar surface area (TPSA) is 114 Å². The van der Waals surface area contributed by atoms with E-state index in [1.807, 2.05) is 0 Å². The Labute approximate surface area is 223 Å². The van der Waals surface area contributed by atoms with Gasteiger partial charge in [-0.1, -0.05) is 84.0 Å². The molecule has 216 valence electrons. The van der Waals surface area contributed by atoms with Gasteiger partial charge in [-0.3, -0.25) is 19.2 Å². The van der Waals surface area contributed by atoms with Crippen LogP contribution < -0.4 is 0 Å². The van der Waals surface area contributed by atoms with E-state index >= 15 is 0 Å². The van der Waals surface area contributed by atoms with Gasteiger partial charge in [-0.25, -0.2) is 0 Å². The highest BCUT2D eigenvalue weighted by molar-refractivity contribution is 5.77. The van der Waals surface area contributed by atoms with E-state index in [9.17, 15) is 19.2 Å². The van der Waals surface area contributed by atoms with Crippen molar-refractivity contribution in [1.29, 1.82) is 0 Å². The highest BCUT2D eigenvalue weighted by Gasteiger charge is 2.19. The number of rotatable bonds is 25. The largest absolute Gasteiger partial charge is 0.463 e. The van der Waals surface area contributed by atoms with Gasteiger partial charge in [-0.05, 0) is 6.42 Å². The first kappa shape index (κ1) is 34.8. The molecule has 0 aromatic rings. The minimum atomic E-state index is -0.893. The zero-order valence-electron chi connectivity index (χ0n) is 23.4. The van der Waals surface area contributed by atoms with Crippen molar-refractivity contribution in [2.75, 3.05) is 33.5 Å². The summed E-state index contributed by atoms with van der Waals surface area (Å²) in [5, 5.41) is 0. The molecule has 0 aliphatic carbocycles. The molecule has 0 rings (SSSR count). The Kier molecular flexibility index (Phi) is 24.0. The van der Waals surface area contributed by atoms with E-state index in [0.717, 1.165) is 19.3 Å². The fraction of sp³-hybridized carbons (Fsp3) is 0.857.